The fourth-order valence-corrected chi connectivity index (χ4v) is 3.55. The maximum Gasteiger partial charge on any atom is 0.416 e. The molecular weight excluding hydrogens is 289 g/mol. The summed E-state index contributed by atoms with van der Waals surface area (Å²) in [5.74, 6) is 0.781. The number of amidine groups is 1. The van der Waals surface area contributed by atoms with Gasteiger partial charge in [0.15, 0.2) is 0 Å². The predicted octanol–water partition coefficient (Wildman–Crippen LogP) is 4.50. The van der Waals surface area contributed by atoms with Crippen molar-refractivity contribution in [3.05, 3.63) is 59.2 Å². The van der Waals surface area contributed by atoms with Crippen LogP contribution in [0.25, 0.3) is 0 Å². The molecule has 0 amide bonds. The number of alkyl halides is 3. The molecule has 0 N–H and O–H groups in total. The molecule has 2 aromatic carbocycles. The molecule has 1 atom stereocenters. The van der Waals surface area contributed by atoms with Crippen molar-refractivity contribution in [2.24, 2.45) is 4.99 Å². The molecule has 22 heavy (non-hydrogen) atoms. The molecule has 0 saturated carbocycles. The van der Waals surface area contributed by atoms with E-state index < -0.39 is 17.2 Å². The van der Waals surface area contributed by atoms with E-state index in [-0.39, 0.29) is 0 Å². The van der Waals surface area contributed by atoms with Gasteiger partial charge in [0.05, 0.1) is 16.7 Å². The van der Waals surface area contributed by atoms with Crippen LogP contribution in [0.5, 0.6) is 0 Å². The highest BCUT2D eigenvalue weighted by atomic mass is 19.4. The minimum absolute atomic E-state index is 0.411. The molecule has 0 unspecified atom stereocenters. The highest BCUT2D eigenvalue weighted by Gasteiger charge is 2.50. The van der Waals surface area contributed by atoms with Crippen molar-refractivity contribution in [1.82, 2.24) is 0 Å². The SMILES string of the molecule is CN1C2=Nc3cc(C(F)(F)F)ccc3[C@]2(C)c2ccccc21. The van der Waals surface area contributed by atoms with Crippen LogP contribution < -0.4 is 4.90 Å². The van der Waals surface area contributed by atoms with E-state index in [2.05, 4.69) is 4.99 Å². The molecule has 2 aliphatic heterocycles. The van der Waals surface area contributed by atoms with Gasteiger partial charge in [-0.15, -0.1) is 0 Å². The number of rotatable bonds is 0. The first-order chi connectivity index (χ1) is 10.3. The van der Waals surface area contributed by atoms with Crippen LogP contribution >= 0.6 is 0 Å². The number of hydrogen-bond donors (Lipinski definition) is 0. The molecule has 0 saturated heterocycles. The van der Waals surface area contributed by atoms with Crippen molar-refractivity contribution in [2.75, 3.05) is 11.9 Å². The maximum atomic E-state index is 12.9. The Balaban J connectivity index is 1.95. The summed E-state index contributed by atoms with van der Waals surface area (Å²) in [5.41, 5.74) is 2.23. The molecule has 0 radical (unpaired) electrons. The van der Waals surface area contributed by atoms with Gasteiger partial charge in [-0.25, -0.2) is 4.99 Å². The molecule has 2 aliphatic rings. The maximum absolute atomic E-state index is 12.9. The topological polar surface area (TPSA) is 15.6 Å². The number of likely N-dealkylation sites (N-methyl/N-ethyl adjacent to an activating group) is 1. The second-order valence-corrected chi connectivity index (χ2v) is 5.87. The van der Waals surface area contributed by atoms with E-state index in [0.717, 1.165) is 34.8 Å². The Kier molecular flexibility index (Phi) is 2.38. The van der Waals surface area contributed by atoms with Crippen LogP contribution in [0.15, 0.2) is 47.5 Å². The van der Waals surface area contributed by atoms with E-state index in [1.807, 2.05) is 43.1 Å². The van der Waals surface area contributed by atoms with E-state index in [1.54, 1.807) is 6.07 Å². The zero-order valence-electron chi connectivity index (χ0n) is 12.1. The summed E-state index contributed by atoms with van der Waals surface area (Å²) in [4.78, 5) is 6.46. The lowest BCUT2D eigenvalue weighted by atomic mass is 9.78. The average molecular weight is 302 g/mol. The summed E-state index contributed by atoms with van der Waals surface area (Å²) in [6.45, 7) is 2.02. The molecule has 112 valence electrons. The molecule has 2 aromatic rings. The van der Waals surface area contributed by atoms with Crippen molar-refractivity contribution in [1.29, 1.82) is 0 Å². The molecule has 5 heteroatoms. The highest BCUT2D eigenvalue weighted by molar-refractivity contribution is 6.17. The number of para-hydroxylation sites is 1. The van der Waals surface area contributed by atoms with Crippen LogP contribution in [0.1, 0.15) is 23.6 Å². The van der Waals surface area contributed by atoms with Gasteiger partial charge < -0.3 is 4.90 Å². The summed E-state index contributed by atoms with van der Waals surface area (Å²) < 4.78 is 38.7. The Hall–Kier alpha value is -2.30. The first kappa shape index (κ1) is 13.4. The summed E-state index contributed by atoms with van der Waals surface area (Å²) in [6, 6.07) is 11.8. The first-order valence-electron chi connectivity index (χ1n) is 6.97. The Morgan fingerprint density at radius 3 is 2.50 bits per heavy atom. The smallest absolute Gasteiger partial charge is 0.332 e. The Labute approximate surface area is 125 Å². The molecular formula is C17H13F3N2. The van der Waals surface area contributed by atoms with Gasteiger partial charge in [-0.05, 0) is 36.2 Å². The zero-order chi connectivity index (χ0) is 15.7. The van der Waals surface area contributed by atoms with Gasteiger partial charge in [-0.2, -0.15) is 13.2 Å². The summed E-state index contributed by atoms with van der Waals surface area (Å²) in [7, 11) is 1.90. The molecule has 2 heterocycles. The van der Waals surface area contributed by atoms with Gasteiger partial charge in [0, 0.05) is 12.7 Å². The largest absolute Gasteiger partial charge is 0.416 e. The first-order valence-corrected chi connectivity index (χ1v) is 6.97. The minimum atomic E-state index is -4.35. The lowest BCUT2D eigenvalue weighted by Gasteiger charge is -2.23. The van der Waals surface area contributed by atoms with Crippen molar-refractivity contribution in [3.63, 3.8) is 0 Å². The third-order valence-corrected chi connectivity index (χ3v) is 4.66. The predicted molar refractivity (Wildman–Crippen MR) is 79.8 cm³/mol. The fourth-order valence-electron chi connectivity index (χ4n) is 3.55. The Morgan fingerprint density at radius 2 is 1.77 bits per heavy atom. The quantitative estimate of drug-likeness (QED) is 0.699. The van der Waals surface area contributed by atoms with Crippen LogP contribution in [0, 0.1) is 0 Å². The third-order valence-electron chi connectivity index (χ3n) is 4.66. The molecule has 0 spiro atoms. The Morgan fingerprint density at radius 1 is 1.05 bits per heavy atom. The van der Waals surface area contributed by atoms with E-state index in [9.17, 15) is 13.2 Å². The number of anilines is 1. The van der Waals surface area contributed by atoms with Crippen LogP contribution in [-0.2, 0) is 11.6 Å². The molecule has 0 aliphatic carbocycles. The monoisotopic (exact) mass is 302 g/mol. The van der Waals surface area contributed by atoms with Crippen molar-refractivity contribution >= 4 is 17.2 Å². The van der Waals surface area contributed by atoms with Gasteiger partial charge in [0.25, 0.3) is 0 Å². The summed E-state index contributed by atoms with van der Waals surface area (Å²) in [6.07, 6.45) is -4.35. The number of benzene rings is 2. The van der Waals surface area contributed by atoms with Crippen LogP contribution in [-0.4, -0.2) is 12.9 Å². The number of halogens is 3. The Bertz CT molecular complexity index is 823. The average Bonchev–Trinajstić information content (AvgIpc) is 2.89. The highest BCUT2D eigenvalue weighted by Crippen LogP contribution is 2.53. The lowest BCUT2D eigenvalue weighted by Crippen LogP contribution is -2.34. The number of fused-ring (bicyclic) bond motifs is 5. The van der Waals surface area contributed by atoms with Gasteiger partial charge in [-0.1, -0.05) is 24.3 Å². The summed E-state index contributed by atoms with van der Waals surface area (Å²) >= 11 is 0. The second kappa shape index (κ2) is 3.91. The van der Waals surface area contributed by atoms with Gasteiger partial charge in [-0.3, -0.25) is 0 Å². The van der Waals surface area contributed by atoms with Crippen LogP contribution in [0.4, 0.5) is 24.5 Å². The van der Waals surface area contributed by atoms with Gasteiger partial charge in [0.1, 0.15) is 5.84 Å². The molecule has 0 fully saturated rings. The van der Waals surface area contributed by atoms with E-state index in [1.165, 1.54) is 0 Å². The van der Waals surface area contributed by atoms with Gasteiger partial charge >= 0.3 is 6.18 Å². The van der Waals surface area contributed by atoms with Crippen LogP contribution in [0.3, 0.4) is 0 Å². The molecule has 2 nitrogen and oxygen atoms in total. The fraction of sp³-hybridized carbons (Fsp3) is 0.235. The van der Waals surface area contributed by atoms with Crippen LogP contribution in [0.2, 0.25) is 0 Å². The molecule has 0 aromatic heterocycles. The van der Waals surface area contributed by atoms with E-state index in [0.29, 0.717) is 5.69 Å². The van der Waals surface area contributed by atoms with Crippen molar-refractivity contribution < 1.29 is 13.2 Å². The molecule has 4 rings (SSSR count). The molecule has 0 bridgehead atoms. The number of nitrogens with zero attached hydrogens (tertiary/aromatic N) is 2. The van der Waals surface area contributed by atoms with E-state index in [4.69, 9.17) is 0 Å². The minimum Gasteiger partial charge on any atom is -0.332 e. The standard InChI is InChI=1S/C17H13F3N2/c1-16-11-8-7-10(17(18,19)20)9-13(11)21-15(16)22(2)14-6-4-3-5-12(14)16/h3-9H,1-2H3/t16-/m1/s1. The third kappa shape index (κ3) is 1.48. The van der Waals surface area contributed by atoms with Crippen molar-refractivity contribution in [3.8, 4) is 0 Å². The normalized spacial score (nSPS) is 22.2. The number of hydrogen-bond acceptors (Lipinski definition) is 2. The zero-order valence-corrected chi connectivity index (χ0v) is 12.1. The summed E-state index contributed by atoms with van der Waals surface area (Å²) in [5, 5.41) is 0. The second-order valence-electron chi connectivity index (χ2n) is 5.87. The lowest BCUT2D eigenvalue weighted by molar-refractivity contribution is -0.137. The van der Waals surface area contributed by atoms with Crippen molar-refractivity contribution in [2.45, 2.75) is 18.5 Å². The van der Waals surface area contributed by atoms with E-state index >= 15 is 0 Å². The number of aliphatic imine (C=N–C) groups is 1. The van der Waals surface area contributed by atoms with Gasteiger partial charge in [0.2, 0.25) is 0 Å².